The number of nitrogens with two attached hydrogens (primary N) is 1. The first kappa shape index (κ1) is 15.1. The largest absolute Gasteiger partial charge is 0.398 e. The normalized spacial score (nSPS) is 13.4. The third-order valence-corrected chi connectivity index (χ3v) is 5.47. The minimum absolute atomic E-state index is 0.164. The van der Waals surface area contributed by atoms with Crippen LogP contribution in [0, 0.1) is 6.92 Å². The van der Waals surface area contributed by atoms with Crippen LogP contribution in [0.1, 0.15) is 12.5 Å². The maximum atomic E-state index is 12.0. The monoisotopic (exact) mass is 290 g/mol. The van der Waals surface area contributed by atoms with E-state index in [1.165, 1.54) is 6.07 Å². The van der Waals surface area contributed by atoms with E-state index in [0.717, 1.165) is 0 Å². The highest BCUT2D eigenvalue weighted by atomic mass is 32.2. The van der Waals surface area contributed by atoms with E-state index in [1.54, 1.807) is 26.0 Å². The number of hydrogen-bond acceptors (Lipinski definition) is 4. The van der Waals surface area contributed by atoms with Crippen LogP contribution in [0.25, 0.3) is 0 Å². The molecule has 0 aliphatic rings. The number of sulfonamides is 1. The number of anilines is 1. The lowest BCUT2D eigenvalue weighted by Crippen LogP contribution is -2.28. The summed E-state index contributed by atoms with van der Waals surface area (Å²) in [5.74, 6) is 0.843. The van der Waals surface area contributed by atoms with E-state index in [2.05, 4.69) is 4.72 Å². The smallest absolute Gasteiger partial charge is 0.240 e. The van der Waals surface area contributed by atoms with Gasteiger partial charge in [0.05, 0.1) is 4.90 Å². The Kier molecular flexibility index (Phi) is 5.30. The van der Waals surface area contributed by atoms with Gasteiger partial charge in [-0.1, -0.05) is 13.0 Å². The Morgan fingerprint density at radius 1 is 1.39 bits per heavy atom. The highest BCUT2D eigenvalue weighted by Crippen LogP contribution is 2.19. The zero-order valence-electron chi connectivity index (χ0n) is 10.5. The summed E-state index contributed by atoms with van der Waals surface area (Å²) in [7, 11) is -4.56. The molecule has 0 aliphatic carbocycles. The van der Waals surface area contributed by atoms with E-state index in [9.17, 15) is 12.6 Å². The summed E-state index contributed by atoms with van der Waals surface area (Å²) in [6.45, 7) is 3.62. The molecular formula is C11H18N2O3S2. The van der Waals surface area contributed by atoms with E-state index in [1.807, 2.05) is 0 Å². The molecule has 0 spiro atoms. The first-order valence-electron chi connectivity index (χ1n) is 5.58. The van der Waals surface area contributed by atoms with Crippen molar-refractivity contribution in [3.63, 3.8) is 0 Å². The van der Waals surface area contributed by atoms with Gasteiger partial charge in [-0.05, 0) is 24.6 Å². The van der Waals surface area contributed by atoms with Gasteiger partial charge < -0.3 is 5.73 Å². The molecule has 3 N–H and O–H groups in total. The zero-order chi connectivity index (χ0) is 13.8. The van der Waals surface area contributed by atoms with Crippen molar-refractivity contribution in [1.29, 1.82) is 0 Å². The minimum Gasteiger partial charge on any atom is -0.398 e. The Labute approximate surface area is 110 Å². The highest BCUT2D eigenvalue weighted by molar-refractivity contribution is 7.89. The highest BCUT2D eigenvalue weighted by Gasteiger charge is 2.17. The quantitative estimate of drug-likeness (QED) is 0.752. The van der Waals surface area contributed by atoms with Gasteiger partial charge in [-0.2, -0.15) is 0 Å². The van der Waals surface area contributed by atoms with Crippen molar-refractivity contribution in [2.75, 3.05) is 23.8 Å². The fourth-order valence-corrected chi connectivity index (χ4v) is 3.49. The lowest BCUT2D eigenvalue weighted by atomic mass is 10.2. The van der Waals surface area contributed by atoms with Crippen LogP contribution in [0.15, 0.2) is 23.1 Å². The molecule has 0 radical (unpaired) electrons. The Bertz CT molecular complexity index is 541. The molecule has 1 rings (SSSR count). The lowest BCUT2D eigenvalue weighted by molar-refractivity contribution is 0.583. The van der Waals surface area contributed by atoms with Crippen molar-refractivity contribution in [3.05, 3.63) is 23.8 Å². The minimum atomic E-state index is -3.58. The summed E-state index contributed by atoms with van der Waals surface area (Å²) in [5, 5.41) is 0. The number of benzene rings is 1. The van der Waals surface area contributed by atoms with Gasteiger partial charge in [0.1, 0.15) is 0 Å². The lowest BCUT2D eigenvalue weighted by Gasteiger charge is -2.10. The molecular weight excluding hydrogens is 272 g/mol. The first-order chi connectivity index (χ1) is 8.38. The molecule has 0 saturated heterocycles. The molecule has 5 nitrogen and oxygen atoms in total. The summed E-state index contributed by atoms with van der Waals surface area (Å²) in [5.41, 5.74) is 6.64. The third-order valence-electron chi connectivity index (χ3n) is 2.56. The van der Waals surface area contributed by atoms with Crippen LogP contribution in [0.2, 0.25) is 0 Å². The Morgan fingerprint density at radius 3 is 2.67 bits per heavy atom. The van der Waals surface area contributed by atoms with Crippen LogP contribution < -0.4 is 10.5 Å². The average Bonchev–Trinajstić information content (AvgIpc) is 2.32. The molecule has 1 unspecified atom stereocenters. The number of nitrogen functional groups attached to an aromatic ring is 1. The fraction of sp³-hybridized carbons (Fsp3) is 0.455. The second kappa shape index (κ2) is 6.31. The van der Waals surface area contributed by atoms with Gasteiger partial charge in [-0.3, -0.25) is 4.21 Å². The molecule has 102 valence electrons. The summed E-state index contributed by atoms with van der Waals surface area (Å²) >= 11 is 0. The van der Waals surface area contributed by atoms with Gasteiger partial charge in [0, 0.05) is 34.5 Å². The van der Waals surface area contributed by atoms with Crippen molar-refractivity contribution in [2.24, 2.45) is 0 Å². The summed E-state index contributed by atoms with van der Waals surface area (Å²) in [4.78, 5) is 0.171. The van der Waals surface area contributed by atoms with Gasteiger partial charge in [0.2, 0.25) is 10.0 Å². The zero-order valence-corrected chi connectivity index (χ0v) is 12.1. The van der Waals surface area contributed by atoms with Crippen molar-refractivity contribution >= 4 is 26.5 Å². The maximum Gasteiger partial charge on any atom is 0.240 e. The molecule has 1 aromatic carbocycles. The SMILES string of the molecule is CCS(=O)CCNS(=O)(=O)c1cccc(N)c1C. The van der Waals surface area contributed by atoms with Crippen LogP contribution in [-0.2, 0) is 20.8 Å². The van der Waals surface area contributed by atoms with Crippen LogP contribution in [-0.4, -0.2) is 30.7 Å². The van der Waals surface area contributed by atoms with Crippen molar-refractivity contribution < 1.29 is 12.6 Å². The first-order valence-corrected chi connectivity index (χ1v) is 8.55. The summed E-state index contributed by atoms with van der Waals surface area (Å²) < 4.78 is 37.7. The molecule has 0 fully saturated rings. The molecule has 1 aromatic rings. The standard InChI is InChI=1S/C11H18N2O3S2/c1-3-17(14)8-7-13-18(15,16)11-6-4-5-10(12)9(11)2/h4-6,13H,3,7-8,12H2,1-2H3. The number of hydrogen-bond donors (Lipinski definition) is 2. The Hall–Kier alpha value is -0.920. The molecule has 0 bridgehead atoms. The molecule has 0 saturated carbocycles. The fourth-order valence-electron chi connectivity index (χ4n) is 1.43. The van der Waals surface area contributed by atoms with Crippen LogP contribution in [0.4, 0.5) is 5.69 Å². The Morgan fingerprint density at radius 2 is 2.06 bits per heavy atom. The van der Waals surface area contributed by atoms with E-state index in [4.69, 9.17) is 5.73 Å². The van der Waals surface area contributed by atoms with Crippen molar-refractivity contribution in [1.82, 2.24) is 4.72 Å². The summed E-state index contributed by atoms with van der Waals surface area (Å²) in [6.07, 6.45) is 0. The predicted molar refractivity (Wildman–Crippen MR) is 74.3 cm³/mol. The maximum absolute atomic E-state index is 12.0. The van der Waals surface area contributed by atoms with Crippen LogP contribution in [0.3, 0.4) is 0 Å². The van der Waals surface area contributed by atoms with E-state index < -0.39 is 20.8 Å². The molecule has 7 heteroatoms. The van der Waals surface area contributed by atoms with Gasteiger partial charge in [0.25, 0.3) is 0 Å². The topological polar surface area (TPSA) is 89.3 Å². The number of rotatable bonds is 6. The average molecular weight is 290 g/mol. The number of nitrogens with one attached hydrogen (secondary N) is 1. The van der Waals surface area contributed by atoms with Gasteiger partial charge in [-0.15, -0.1) is 0 Å². The molecule has 0 amide bonds. The van der Waals surface area contributed by atoms with Crippen LogP contribution >= 0.6 is 0 Å². The van der Waals surface area contributed by atoms with Crippen LogP contribution in [0.5, 0.6) is 0 Å². The van der Waals surface area contributed by atoms with E-state index >= 15 is 0 Å². The van der Waals surface area contributed by atoms with Gasteiger partial charge in [-0.25, -0.2) is 13.1 Å². The third kappa shape index (κ3) is 3.79. The molecule has 0 heterocycles. The second-order valence-electron chi connectivity index (χ2n) is 3.80. The molecule has 1 atom stereocenters. The van der Waals surface area contributed by atoms with E-state index in [-0.39, 0.29) is 11.4 Å². The van der Waals surface area contributed by atoms with E-state index in [0.29, 0.717) is 22.8 Å². The summed E-state index contributed by atoms with van der Waals surface area (Å²) in [6, 6.07) is 4.76. The molecule has 18 heavy (non-hydrogen) atoms. The molecule has 0 aliphatic heterocycles. The van der Waals surface area contributed by atoms with Crippen molar-refractivity contribution in [3.8, 4) is 0 Å². The predicted octanol–water partition coefficient (Wildman–Crippen LogP) is 0.624. The Balaban J connectivity index is 2.81. The van der Waals surface area contributed by atoms with Gasteiger partial charge >= 0.3 is 0 Å². The van der Waals surface area contributed by atoms with Crippen molar-refractivity contribution in [2.45, 2.75) is 18.7 Å². The second-order valence-corrected chi connectivity index (χ2v) is 7.40. The van der Waals surface area contributed by atoms with Gasteiger partial charge in [0.15, 0.2) is 0 Å². The molecule has 0 aromatic heterocycles.